The van der Waals surface area contributed by atoms with Crippen LogP contribution in [0.2, 0.25) is 0 Å². The highest BCUT2D eigenvalue weighted by atomic mass is 32.2. The Morgan fingerprint density at radius 2 is 1.88 bits per heavy atom. The van der Waals surface area contributed by atoms with Gasteiger partial charge in [-0.15, -0.1) is 0 Å². The second kappa shape index (κ2) is 6.17. The summed E-state index contributed by atoms with van der Waals surface area (Å²) in [6.07, 6.45) is 1.43. The van der Waals surface area contributed by atoms with E-state index in [2.05, 4.69) is 0 Å². The Bertz CT molecular complexity index is 391. The van der Waals surface area contributed by atoms with Gasteiger partial charge in [0, 0.05) is 11.3 Å². The van der Waals surface area contributed by atoms with Gasteiger partial charge in [-0.1, -0.05) is 0 Å². The summed E-state index contributed by atoms with van der Waals surface area (Å²) < 4.78 is 10.7. The average molecular weight is 256 g/mol. The molecule has 0 aromatic heterocycles. The Balaban J connectivity index is 3.31. The molecule has 0 bridgehead atoms. The number of hydrogen-bond acceptors (Lipinski definition) is 4. The fourth-order valence-corrected chi connectivity index (χ4v) is 2.36. The van der Waals surface area contributed by atoms with E-state index in [-0.39, 0.29) is 0 Å². The first-order valence-electron chi connectivity index (χ1n) is 5.45. The Kier molecular flexibility index (Phi) is 5.15. The fourth-order valence-electron chi connectivity index (χ4n) is 1.86. The molecule has 1 aromatic rings. The quantitative estimate of drug-likeness (QED) is 0.879. The number of rotatable bonds is 5. The zero-order chi connectivity index (χ0) is 13.0. The number of aliphatic hydroxyl groups is 1. The summed E-state index contributed by atoms with van der Waals surface area (Å²) in [6, 6.07) is 1.86. The molecule has 0 heterocycles. The number of thioether (sulfide) groups is 1. The van der Waals surface area contributed by atoms with E-state index in [0.717, 1.165) is 28.2 Å². The van der Waals surface area contributed by atoms with E-state index in [0.29, 0.717) is 5.75 Å². The molecule has 17 heavy (non-hydrogen) atoms. The van der Waals surface area contributed by atoms with Gasteiger partial charge >= 0.3 is 0 Å². The normalized spacial score (nSPS) is 12.4. The summed E-state index contributed by atoms with van der Waals surface area (Å²) in [7, 11) is 3.27. The molecule has 4 heteroatoms. The third-order valence-corrected chi connectivity index (χ3v) is 3.58. The molecular weight excluding hydrogens is 236 g/mol. The number of aliphatic hydroxyl groups excluding tert-OH is 1. The number of hydrogen-bond donors (Lipinski definition) is 1. The van der Waals surface area contributed by atoms with Crippen LogP contribution in [0.3, 0.4) is 0 Å². The van der Waals surface area contributed by atoms with Crippen molar-refractivity contribution >= 4 is 11.8 Å². The zero-order valence-corrected chi connectivity index (χ0v) is 11.9. The first-order valence-corrected chi connectivity index (χ1v) is 6.85. The maximum absolute atomic E-state index is 10.1. The highest BCUT2D eigenvalue weighted by Gasteiger charge is 2.19. The van der Waals surface area contributed by atoms with E-state index in [9.17, 15) is 5.11 Å². The van der Waals surface area contributed by atoms with Crippen LogP contribution in [-0.4, -0.2) is 31.3 Å². The Hall–Kier alpha value is -0.870. The topological polar surface area (TPSA) is 38.7 Å². The van der Waals surface area contributed by atoms with Gasteiger partial charge in [0.2, 0.25) is 0 Å². The lowest BCUT2D eigenvalue weighted by molar-refractivity contribution is 0.198. The summed E-state index contributed by atoms with van der Waals surface area (Å²) >= 11 is 1.60. The first kappa shape index (κ1) is 14.2. The minimum atomic E-state index is -0.534. The van der Waals surface area contributed by atoms with Gasteiger partial charge in [-0.05, 0) is 37.3 Å². The Morgan fingerprint density at radius 1 is 1.24 bits per heavy atom. The van der Waals surface area contributed by atoms with E-state index in [4.69, 9.17) is 9.47 Å². The molecule has 0 aliphatic carbocycles. The lowest BCUT2D eigenvalue weighted by Crippen LogP contribution is -2.06. The number of ether oxygens (including phenoxy) is 2. The van der Waals surface area contributed by atoms with Crippen LogP contribution in [0.5, 0.6) is 11.5 Å². The number of benzene rings is 1. The molecule has 0 saturated heterocycles. The largest absolute Gasteiger partial charge is 0.496 e. The summed E-state index contributed by atoms with van der Waals surface area (Å²) in [5.41, 5.74) is 2.85. The van der Waals surface area contributed by atoms with Crippen LogP contribution >= 0.6 is 11.8 Å². The van der Waals surface area contributed by atoms with E-state index < -0.39 is 6.10 Å². The first-order chi connectivity index (χ1) is 8.06. The van der Waals surface area contributed by atoms with Gasteiger partial charge in [-0.2, -0.15) is 11.8 Å². The lowest BCUT2D eigenvalue weighted by Gasteiger charge is -2.19. The standard InChI is InChI=1S/C13H20O3S/c1-8-9(2)13(16-4)10(6-12(8)15-3)11(14)7-17-5/h6,11,14H,7H2,1-5H3. The van der Waals surface area contributed by atoms with Crippen LogP contribution < -0.4 is 9.47 Å². The molecule has 1 N–H and O–H groups in total. The van der Waals surface area contributed by atoms with Crippen molar-refractivity contribution in [3.8, 4) is 11.5 Å². The van der Waals surface area contributed by atoms with Gasteiger partial charge in [0.1, 0.15) is 11.5 Å². The SMILES string of the molecule is COc1cc(C(O)CSC)c(OC)c(C)c1C. The third kappa shape index (κ3) is 2.87. The molecule has 1 aromatic carbocycles. The van der Waals surface area contributed by atoms with Crippen LogP contribution in [-0.2, 0) is 0 Å². The third-order valence-electron chi connectivity index (χ3n) is 2.93. The van der Waals surface area contributed by atoms with Crippen molar-refractivity contribution in [1.82, 2.24) is 0 Å². The van der Waals surface area contributed by atoms with Gasteiger partial charge in [0.05, 0.1) is 20.3 Å². The molecule has 1 unspecified atom stereocenters. The Morgan fingerprint density at radius 3 is 2.35 bits per heavy atom. The zero-order valence-electron chi connectivity index (χ0n) is 11.0. The van der Waals surface area contributed by atoms with Crippen molar-refractivity contribution < 1.29 is 14.6 Å². The maximum Gasteiger partial charge on any atom is 0.128 e. The smallest absolute Gasteiger partial charge is 0.128 e. The molecule has 0 spiro atoms. The summed E-state index contributed by atoms with van der Waals surface area (Å²) in [6.45, 7) is 3.97. The van der Waals surface area contributed by atoms with Gasteiger partial charge in [-0.25, -0.2) is 0 Å². The van der Waals surface area contributed by atoms with Gasteiger partial charge in [-0.3, -0.25) is 0 Å². The second-order valence-electron chi connectivity index (χ2n) is 3.92. The lowest BCUT2D eigenvalue weighted by atomic mass is 10.00. The van der Waals surface area contributed by atoms with Gasteiger partial charge in [0.25, 0.3) is 0 Å². The summed E-state index contributed by atoms with van der Waals surface area (Å²) in [5, 5.41) is 10.1. The fraction of sp³-hybridized carbons (Fsp3) is 0.538. The predicted molar refractivity (Wildman–Crippen MR) is 72.4 cm³/mol. The number of methoxy groups -OCH3 is 2. The molecule has 0 amide bonds. The molecule has 0 saturated carbocycles. The molecular formula is C13H20O3S. The second-order valence-corrected chi connectivity index (χ2v) is 4.83. The predicted octanol–water partition coefficient (Wildman–Crippen LogP) is 2.72. The van der Waals surface area contributed by atoms with Crippen LogP contribution in [0.15, 0.2) is 6.07 Å². The molecule has 3 nitrogen and oxygen atoms in total. The van der Waals surface area contributed by atoms with Gasteiger partial charge < -0.3 is 14.6 Å². The van der Waals surface area contributed by atoms with Crippen molar-refractivity contribution in [1.29, 1.82) is 0 Å². The van der Waals surface area contributed by atoms with Crippen LogP contribution in [0.25, 0.3) is 0 Å². The Labute approximate surface area is 107 Å². The van der Waals surface area contributed by atoms with Crippen molar-refractivity contribution in [2.75, 3.05) is 26.2 Å². The van der Waals surface area contributed by atoms with E-state index in [1.807, 2.05) is 26.2 Å². The van der Waals surface area contributed by atoms with Crippen LogP contribution in [0.4, 0.5) is 0 Å². The summed E-state index contributed by atoms with van der Waals surface area (Å²) in [4.78, 5) is 0. The molecule has 0 aliphatic rings. The molecule has 0 fully saturated rings. The van der Waals surface area contributed by atoms with Crippen molar-refractivity contribution in [2.24, 2.45) is 0 Å². The van der Waals surface area contributed by atoms with Crippen molar-refractivity contribution in [3.63, 3.8) is 0 Å². The molecule has 0 aliphatic heterocycles. The highest BCUT2D eigenvalue weighted by molar-refractivity contribution is 7.98. The summed E-state index contributed by atoms with van der Waals surface area (Å²) in [5.74, 6) is 2.19. The maximum atomic E-state index is 10.1. The van der Waals surface area contributed by atoms with Crippen molar-refractivity contribution in [3.05, 3.63) is 22.8 Å². The highest BCUT2D eigenvalue weighted by Crippen LogP contribution is 2.37. The van der Waals surface area contributed by atoms with E-state index >= 15 is 0 Å². The van der Waals surface area contributed by atoms with E-state index in [1.54, 1.807) is 26.0 Å². The molecule has 96 valence electrons. The monoisotopic (exact) mass is 256 g/mol. The van der Waals surface area contributed by atoms with Crippen molar-refractivity contribution in [2.45, 2.75) is 20.0 Å². The molecule has 1 rings (SSSR count). The molecule has 1 atom stereocenters. The van der Waals surface area contributed by atoms with Crippen LogP contribution in [0.1, 0.15) is 22.8 Å². The average Bonchev–Trinajstić information content (AvgIpc) is 2.32. The minimum Gasteiger partial charge on any atom is -0.496 e. The minimum absolute atomic E-state index is 0.534. The van der Waals surface area contributed by atoms with Gasteiger partial charge in [0.15, 0.2) is 0 Å². The van der Waals surface area contributed by atoms with Crippen LogP contribution in [0, 0.1) is 13.8 Å². The molecule has 0 radical (unpaired) electrons. The van der Waals surface area contributed by atoms with E-state index in [1.165, 1.54) is 0 Å².